The molecule has 0 saturated carbocycles. The summed E-state index contributed by atoms with van der Waals surface area (Å²) in [5.41, 5.74) is 5.15. The lowest BCUT2D eigenvalue weighted by Gasteiger charge is -2.32. The number of nitrogens with one attached hydrogen (secondary N) is 1. The van der Waals surface area contributed by atoms with Crippen LogP contribution >= 0.6 is 0 Å². The number of amides is 1. The van der Waals surface area contributed by atoms with Gasteiger partial charge in [-0.05, 0) is 45.2 Å². The summed E-state index contributed by atoms with van der Waals surface area (Å²) in [7, 11) is 0. The van der Waals surface area contributed by atoms with Crippen LogP contribution in [0, 0.1) is 6.92 Å². The number of benzene rings is 1. The van der Waals surface area contributed by atoms with E-state index in [9.17, 15) is 4.79 Å². The lowest BCUT2D eigenvalue weighted by molar-refractivity contribution is 0.0204. The van der Waals surface area contributed by atoms with Crippen molar-refractivity contribution in [2.24, 2.45) is 0 Å². The Morgan fingerprint density at radius 1 is 1.22 bits per heavy atom. The molecule has 0 spiro atoms. The van der Waals surface area contributed by atoms with E-state index < -0.39 is 0 Å². The van der Waals surface area contributed by atoms with E-state index in [1.807, 2.05) is 4.68 Å². The molecule has 1 aromatic carbocycles. The summed E-state index contributed by atoms with van der Waals surface area (Å²) in [6.07, 6.45) is 3.00. The van der Waals surface area contributed by atoms with Crippen molar-refractivity contribution in [2.45, 2.75) is 39.2 Å². The average Bonchev–Trinajstić information content (AvgIpc) is 3.30. The molecule has 1 atom stereocenters. The Labute approximate surface area is 160 Å². The van der Waals surface area contributed by atoms with Crippen LogP contribution in [0.2, 0.25) is 0 Å². The summed E-state index contributed by atoms with van der Waals surface area (Å²) in [5, 5.41) is 7.80. The first kappa shape index (κ1) is 18.2. The molecule has 4 rings (SSSR count). The Hall–Kier alpha value is -2.18. The van der Waals surface area contributed by atoms with Crippen molar-refractivity contribution in [3.05, 3.63) is 46.8 Å². The van der Waals surface area contributed by atoms with Crippen molar-refractivity contribution in [3.8, 4) is 5.69 Å². The maximum Gasteiger partial charge on any atom is 0.272 e. The zero-order valence-electron chi connectivity index (χ0n) is 16.2. The van der Waals surface area contributed by atoms with Crippen LogP contribution < -0.4 is 5.32 Å². The van der Waals surface area contributed by atoms with Gasteiger partial charge in [0.2, 0.25) is 0 Å². The number of aryl methyl sites for hydroxylation is 1. The number of hydrogen-bond donors (Lipinski definition) is 1. The van der Waals surface area contributed by atoms with E-state index in [1.54, 1.807) is 0 Å². The smallest absolute Gasteiger partial charge is 0.272 e. The van der Waals surface area contributed by atoms with E-state index in [2.05, 4.69) is 48.3 Å². The second-order valence-corrected chi connectivity index (χ2v) is 7.58. The summed E-state index contributed by atoms with van der Waals surface area (Å²) in [6.45, 7) is 8.25. The van der Waals surface area contributed by atoms with Gasteiger partial charge >= 0.3 is 0 Å². The number of ether oxygens (including phenoxy) is 1. The Kier molecular flexibility index (Phi) is 5.27. The zero-order valence-corrected chi connectivity index (χ0v) is 16.2. The minimum Gasteiger partial charge on any atom is -0.379 e. The molecular formula is C21H28N4O2. The van der Waals surface area contributed by atoms with Gasteiger partial charge in [-0.2, -0.15) is 5.10 Å². The molecule has 1 fully saturated rings. The van der Waals surface area contributed by atoms with Crippen molar-refractivity contribution in [1.82, 2.24) is 20.0 Å². The van der Waals surface area contributed by atoms with Crippen LogP contribution in [0.1, 0.15) is 40.7 Å². The molecule has 1 saturated heterocycles. The Bertz CT molecular complexity index is 806. The van der Waals surface area contributed by atoms with Gasteiger partial charge in [-0.1, -0.05) is 17.7 Å². The SMILES string of the molecule is Cc1ccc(-n2nc(C(=O)NCC(C)N3CCOCC3)c3c2CCC3)cc1. The summed E-state index contributed by atoms with van der Waals surface area (Å²) >= 11 is 0. The number of aromatic nitrogens is 2. The van der Waals surface area contributed by atoms with Gasteiger partial charge in [0.25, 0.3) is 5.91 Å². The number of fused-ring (bicyclic) bond motifs is 1. The normalized spacial score (nSPS) is 18.3. The molecule has 1 N–H and O–H groups in total. The summed E-state index contributed by atoms with van der Waals surface area (Å²) in [4.78, 5) is 15.2. The second kappa shape index (κ2) is 7.82. The van der Waals surface area contributed by atoms with Crippen LogP contribution in [-0.4, -0.2) is 59.5 Å². The van der Waals surface area contributed by atoms with Crippen molar-refractivity contribution in [2.75, 3.05) is 32.8 Å². The molecule has 0 radical (unpaired) electrons. The van der Waals surface area contributed by atoms with Gasteiger partial charge < -0.3 is 10.1 Å². The van der Waals surface area contributed by atoms with E-state index >= 15 is 0 Å². The number of carbonyl (C=O) groups excluding carboxylic acids is 1. The van der Waals surface area contributed by atoms with Crippen molar-refractivity contribution < 1.29 is 9.53 Å². The molecule has 1 amide bonds. The monoisotopic (exact) mass is 368 g/mol. The quantitative estimate of drug-likeness (QED) is 0.878. The highest BCUT2D eigenvalue weighted by atomic mass is 16.5. The van der Waals surface area contributed by atoms with Gasteiger partial charge in [0.15, 0.2) is 5.69 Å². The molecule has 1 unspecified atom stereocenters. The molecule has 0 bridgehead atoms. The molecular weight excluding hydrogens is 340 g/mol. The topological polar surface area (TPSA) is 59.4 Å². The number of hydrogen-bond acceptors (Lipinski definition) is 4. The number of nitrogens with zero attached hydrogens (tertiary/aromatic N) is 3. The van der Waals surface area contributed by atoms with Crippen LogP contribution in [0.4, 0.5) is 0 Å². The molecule has 2 aromatic rings. The molecule has 1 aliphatic heterocycles. The van der Waals surface area contributed by atoms with Crippen LogP contribution in [0.5, 0.6) is 0 Å². The third-order valence-corrected chi connectivity index (χ3v) is 5.65. The van der Waals surface area contributed by atoms with Crippen molar-refractivity contribution in [3.63, 3.8) is 0 Å². The van der Waals surface area contributed by atoms with Crippen LogP contribution in [0.3, 0.4) is 0 Å². The fraction of sp³-hybridized carbons (Fsp3) is 0.524. The van der Waals surface area contributed by atoms with E-state index in [0.717, 1.165) is 56.8 Å². The summed E-state index contributed by atoms with van der Waals surface area (Å²) in [6, 6.07) is 8.61. The van der Waals surface area contributed by atoms with Crippen LogP contribution in [-0.2, 0) is 17.6 Å². The Morgan fingerprint density at radius 3 is 2.70 bits per heavy atom. The molecule has 6 heteroatoms. The zero-order chi connectivity index (χ0) is 18.8. The van der Waals surface area contributed by atoms with E-state index in [-0.39, 0.29) is 5.91 Å². The Morgan fingerprint density at radius 2 is 1.96 bits per heavy atom. The third-order valence-electron chi connectivity index (χ3n) is 5.65. The first-order chi connectivity index (χ1) is 13.1. The minimum absolute atomic E-state index is 0.0564. The van der Waals surface area contributed by atoms with Crippen molar-refractivity contribution >= 4 is 5.91 Å². The molecule has 2 heterocycles. The van der Waals surface area contributed by atoms with Crippen LogP contribution in [0.15, 0.2) is 24.3 Å². The molecule has 1 aromatic heterocycles. The van der Waals surface area contributed by atoms with Gasteiger partial charge in [-0.15, -0.1) is 0 Å². The van der Waals surface area contributed by atoms with Gasteiger partial charge in [0.05, 0.1) is 18.9 Å². The standard InChI is InChI=1S/C21H28N4O2/c1-15-6-8-17(9-7-15)25-19-5-3-4-18(19)20(23-25)21(26)22-14-16(2)24-10-12-27-13-11-24/h6-9,16H,3-5,10-14H2,1-2H3,(H,22,26). The number of rotatable bonds is 5. The molecule has 27 heavy (non-hydrogen) atoms. The van der Waals surface area contributed by atoms with Gasteiger partial charge in [0.1, 0.15) is 0 Å². The van der Waals surface area contributed by atoms with Crippen LogP contribution in [0.25, 0.3) is 5.69 Å². The highest BCUT2D eigenvalue weighted by molar-refractivity contribution is 5.94. The highest BCUT2D eigenvalue weighted by Gasteiger charge is 2.27. The largest absolute Gasteiger partial charge is 0.379 e. The lowest BCUT2D eigenvalue weighted by Crippen LogP contribution is -2.47. The predicted octanol–water partition coefficient (Wildman–Crippen LogP) is 2.12. The maximum absolute atomic E-state index is 12.9. The average molecular weight is 368 g/mol. The molecule has 144 valence electrons. The minimum atomic E-state index is -0.0564. The predicted molar refractivity (Wildman–Crippen MR) is 105 cm³/mol. The van der Waals surface area contributed by atoms with Gasteiger partial charge in [0, 0.05) is 36.9 Å². The fourth-order valence-electron chi connectivity index (χ4n) is 3.99. The maximum atomic E-state index is 12.9. The van der Waals surface area contributed by atoms with E-state index in [4.69, 9.17) is 9.84 Å². The summed E-state index contributed by atoms with van der Waals surface area (Å²) < 4.78 is 7.37. The Balaban J connectivity index is 1.49. The first-order valence-corrected chi connectivity index (χ1v) is 9.91. The second-order valence-electron chi connectivity index (χ2n) is 7.58. The highest BCUT2D eigenvalue weighted by Crippen LogP contribution is 2.28. The number of morpholine rings is 1. The fourth-order valence-corrected chi connectivity index (χ4v) is 3.99. The lowest BCUT2D eigenvalue weighted by atomic mass is 10.2. The van der Waals surface area contributed by atoms with Crippen molar-refractivity contribution in [1.29, 1.82) is 0 Å². The number of carbonyl (C=O) groups is 1. The van der Waals surface area contributed by atoms with E-state index in [1.165, 1.54) is 11.3 Å². The van der Waals surface area contributed by atoms with E-state index in [0.29, 0.717) is 18.3 Å². The molecule has 6 nitrogen and oxygen atoms in total. The molecule has 2 aliphatic rings. The summed E-state index contributed by atoms with van der Waals surface area (Å²) in [5.74, 6) is -0.0564. The molecule has 1 aliphatic carbocycles. The first-order valence-electron chi connectivity index (χ1n) is 9.91. The van der Waals surface area contributed by atoms with Gasteiger partial charge in [-0.25, -0.2) is 4.68 Å². The third kappa shape index (κ3) is 3.77. The van der Waals surface area contributed by atoms with Gasteiger partial charge in [-0.3, -0.25) is 9.69 Å².